The molecule has 0 radical (unpaired) electrons. The summed E-state index contributed by atoms with van der Waals surface area (Å²) in [4.78, 5) is 2.44. The summed E-state index contributed by atoms with van der Waals surface area (Å²) in [5.74, 6) is 0.952. The molecule has 0 saturated heterocycles. The largest absolute Gasteiger partial charge is 0.313 e. The van der Waals surface area contributed by atoms with E-state index in [1.165, 1.54) is 38.8 Å². The van der Waals surface area contributed by atoms with Crippen LogP contribution in [0.1, 0.15) is 60.3 Å². The van der Waals surface area contributed by atoms with Crippen molar-refractivity contribution in [3.8, 4) is 0 Å². The highest BCUT2D eigenvalue weighted by Gasteiger charge is 2.58. The molecule has 2 heteroatoms. The molecule has 1 N–H and O–H groups in total. The molecule has 19 heavy (non-hydrogen) atoms. The second-order valence-corrected chi connectivity index (χ2v) is 8.23. The zero-order chi connectivity index (χ0) is 14.3. The van der Waals surface area contributed by atoms with Crippen LogP contribution < -0.4 is 5.32 Å². The zero-order valence-electron chi connectivity index (χ0n) is 13.9. The number of hydrogen-bond donors (Lipinski definition) is 1. The average molecular weight is 266 g/mol. The minimum absolute atomic E-state index is 0.497. The molecular formula is C17H34N2. The third-order valence-electron chi connectivity index (χ3n) is 6.19. The van der Waals surface area contributed by atoms with E-state index in [1.54, 1.807) is 0 Å². The van der Waals surface area contributed by atoms with Crippen LogP contribution >= 0.6 is 0 Å². The molecule has 2 rings (SSSR count). The lowest BCUT2D eigenvalue weighted by Gasteiger charge is -2.43. The molecule has 2 saturated carbocycles. The molecule has 112 valence electrons. The lowest BCUT2D eigenvalue weighted by Crippen LogP contribution is -2.50. The Kier molecular flexibility index (Phi) is 4.32. The first-order chi connectivity index (χ1) is 8.77. The molecule has 0 aromatic carbocycles. The summed E-state index contributed by atoms with van der Waals surface area (Å²) in [7, 11) is 2.23. The van der Waals surface area contributed by atoms with Crippen LogP contribution in [0.15, 0.2) is 0 Å². The third-order valence-corrected chi connectivity index (χ3v) is 6.19. The predicted molar refractivity (Wildman–Crippen MR) is 83.4 cm³/mol. The number of fused-ring (bicyclic) bond motifs is 2. The van der Waals surface area contributed by atoms with Gasteiger partial charge in [0, 0.05) is 12.1 Å². The number of rotatable bonds is 6. The van der Waals surface area contributed by atoms with E-state index in [9.17, 15) is 0 Å². The fraction of sp³-hybridized carbons (Fsp3) is 1.00. The number of hydrogen-bond acceptors (Lipinski definition) is 2. The van der Waals surface area contributed by atoms with E-state index < -0.39 is 0 Å². The Bertz CT molecular complexity index is 306. The Morgan fingerprint density at radius 2 is 1.95 bits per heavy atom. The minimum atomic E-state index is 0.497. The smallest absolute Gasteiger partial charge is 0.0175 e. The van der Waals surface area contributed by atoms with E-state index in [4.69, 9.17) is 0 Å². The predicted octanol–water partition coefficient (Wildman–Crippen LogP) is 3.52. The second-order valence-electron chi connectivity index (χ2n) is 8.23. The summed E-state index contributed by atoms with van der Waals surface area (Å²) in [6, 6.07) is 1.39. The van der Waals surface area contributed by atoms with Crippen LogP contribution in [-0.2, 0) is 0 Å². The summed E-state index contributed by atoms with van der Waals surface area (Å²) in [6.45, 7) is 14.4. The number of nitrogens with zero attached hydrogens (tertiary/aromatic N) is 1. The highest BCUT2D eigenvalue weighted by Crippen LogP contribution is 2.62. The molecule has 2 aliphatic carbocycles. The van der Waals surface area contributed by atoms with Crippen LogP contribution in [0, 0.1) is 16.7 Å². The van der Waals surface area contributed by atoms with Crippen LogP contribution in [0.3, 0.4) is 0 Å². The van der Waals surface area contributed by atoms with Gasteiger partial charge in [-0.25, -0.2) is 0 Å². The van der Waals surface area contributed by atoms with E-state index >= 15 is 0 Å². The fourth-order valence-electron chi connectivity index (χ4n) is 4.64. The van der Waals surface area contributed by atoms with Crippen LogP contribution in [0.2, 0.25) is 0 Å². The Morgan fingerprint density at radius 1 is 1.26 bits per heavy atom. The first kappa shape index (κ1) is 15.3. The molecule has 3 unspecified atom stereocenters. The zero-order valence-corrected chi connectivity index (χ0v) is 13.9. The van der Waals surface area contributed by atoms with E-state index in [0.717, 1.165) is 12.0 Å². The van der Waals surface area contributed by atoms with Crippen molar-refractivity contribution in [2.75, 3.05) is 20.1 Å². The van der Waals surface area contributed by atoms with Crippen LogP contribution in [0.5, 0.6) is 0 Å². The van der Waals surface area contributed by atoms with E-state index in [0.29, 0.717) is 16.9 Å². The Morgan fingerprint density at radius 3 is 2.47 bits per heavy atom. The van der Waals surface area contributed by atoms with Gasteiger partial charge in [-0.3, -0.25) is 0 Å². The van der Waals surface area contributed by atoms with Gasteiger partial charge in [-0.05, 0) is 76.4 Å². The molecule has 2 fully saturated rings. The van der Waals surface area contributed by atoms with Gasteiger partial charge in [-0.15, -0.1) is 0 Å². The molecule has 2 nitrogen and oxygen atoms in total. The van der Waals surface area contributed by atoms with Crippen molar-refractivity contribution in [3.63, 3.8) is 0 Å². The standard InChI is InChI=1S/C17H34N2/c1-13(2)19(6)11-7-10-18-15-16(3,4)14-8-9-17(15,5)12-14/h13-15,18H,7-12H2,1-6H3. The van der Waals surface area contributed by atoms with Gasteiger partial charge < -0.3 is 10.2 Å². The van der Waals surface area contributed by atoms with Crippen LogP contribution in [0.25, 0.3) is 0 Å². The van der Waals surface area contributed by atoms with Crippen LogP contribution in [-0.4, -0.2) is 37.1 Å². The van der Waals surface area contributed by atoms with Crippen molar-refractivity contribution in [1.29, 1.82) is 0 Å². The van der Waals surface area contributed by atoms with Gasteiger partial charge in [-0.2, -0.15) is 0 Å². The number of nitrogens with one attached hydrogen (secondary N) is 1. The maximum Gasteiger partial charge on any atom is 0.0175 e. The molecule has 0 aromatic rings. The summed E-state index contributed by atoms with van der Waals surface area (Å²) in [6.07, 6.45) is 5.61. The first-order valence-corrected chi connectivity index (χ1v) is 8.21. The SMILES string of the molecule is CC(C)N(C)CCCNC1C2(C)CCC(C2)C1(C)C. The normalized spacial score (nSPS) is 36.6. The van der Waals surface area contributed by atoms with Crippen molar-refractivity contribution in [3.05, 3.63) is 0 Å². The van der Waals surface area contributed by atoms with Gasteiger partial charge in [-0.1, -0.05) is 20.8 Å². The van der Waals surface area contributed by atoms with E-state index in [2.05, 4.69) is 51.9 Å². The van der Waals surface area contributed by atoms with Gasteiger partial charge in [0.1, 0.15) is 0 Å². The highest BCUT2D eigenvalue weighted by molar-refractivity contribution is 5.11. The Hall–Kier alpha value is -0.0800. The summed E-state index contributed by atoms with van der Waals surface area (Å²) in [5, 5.41) is 3.91. The summed E-state index contributed by atoms with van der Waals surface area (Å²) < 4.78 is 0. The highest BCUT2D eigenvalue weighted by atomic mass is 15.1. The van der Waals surface area contributed by atoms with Crippen molar-refractivity contribution < 1.29 is 0 Å². The third kappa shape index (κ3) is 2.85. The minimum Gasteiger partial charge on any atom is -0.313 e. The van der Waals surface area contributed by atoms with E-state index in [1.807, 2.05) is 0 Å². The van der Waals surface area contributed by atoms with Gasteiger partial charge in [0.2, 0.25) is 0 Å². The second kappa shape index (κ2) is 5.37. The van der Waals surface area contributed by atoms with Crippen molar-refractivity contribution in [1.82, 2.24) is 10.2 Å². The summed E-state index contributed by atoms with van der Waals surface area (Å²) >= 11 is 0. The van der Waals surface area contributed by atoms with Gasteiger partial charge in [0.25, 0.3) is 0 Å². The molecule has 0 aliphatic heterocycles. The molecule has 2 bridgehead atoms. The molecule has 0 amide bonds. The topological polar surface area (TPSA) is 15.3 Å². The fourth-order valence-corrected chi connectivity index (χ4v) is 4.64. The monoisotopic (exact) mass is 266 g/mol. The van der Waals surface area contributed by atoms with Crippen molar-refractivity contribution >= 4 is 0 Å². The van der Waals surface area contributed by atoms with Gasteiger partial charge >= 0.3 is 0 Å². The van der Waals surface area contributed by atoms with Crippen molar-refractivity contribution in [2.45, 2.75) is 72.4 Å². The van der Waals surface area contributed by atoms with Gasteiger partial charge in [0.15, 0.2) is 0 Å². The Balaban J connectivity index is 1.80. The average Bonchev–Trinajstić information content (AvgIpc) is 2.78. The lowest BCUT2D eigenvalue weighted by atomic mass is 9.68. The maximum absolute atomic E-state index is 3.91. The summed E-state index contributed by atoms with van der Waals surface area (Å²) in [5.41, 5.74) is 1.06. The molecule has 0 heterocycles. The van der Waals surface area contributed by atoms with Gasteiger partial charge in [0.05, 0.1) is 0 Å². The molecule has 2 aliphatic rings. The molecular weight excluding hydrogens is 232 g/mol. The van der Waals surface area contributed by atoms with Crippen LogP contribution in [0.4, 0.5) is 0 Å². The Labute approximate surface area is 120 Å². The van der Waals surface area contributed by atoms with Crippen molar-refractivity contribution in [2.24, 2.45) is 16.7 Å². The maximum atomic E-state index is 3.91. The molecule has 3 atom stereocenters. The van der Waals surface area contributed by atoms with E-state index in [-0.39, 0.29) is 0 Å². The molecule has 0 spiro atoms. The lowest BCUT2D eigenvalue weighted by molar-refractivity contribution is 0.108. The molecule has 0 aromatic heterocycles. The first-order valence-electron chi connectivity index (χ1n) is 8.21. The quantitative estimate of drug-likeness (QED) is 0.740.